The van der Waals surface area contributed by atoms with Crippen LogP contribution < -0.4 is 15.2 Å². The number of rotatable bonds is 4. The van der Waals surface area contributed by atoms with Gasteiger partial charge in [0.15, 0.2) is 0 Å². The third-order valence-electron chi connectivity index (χ3n) is 4.39. The normalized spacial score (nSPS) is 29.4. The molecule has 3 rings (SSSR count). The molecule has 0 aliphatic heterocycles. The van der Waals surface area contributed by atoms with Crippen molar-refractivity contribution in [1.82, 2.24) is 0 Å². The number of aliphatic carboxylic acids is 1. The second kappa shape index (κ2) is 5.24. The number of carbonyl (C=O) groups excluding carboxylic acids is 2. The van der Waals surface area contributed by atoms with Crippen LogP contribution in [0.4, 0.5) is 5.69 Å². The van der Waals surface area contributed by atoms with Crippen LogP contribution in [0.5, 0.6) is 5.75 Å². The molecule has 2 bridgehead atoms. The van der Waals surface area contributed by atoms with Crippen molar-refractivity contribution in [3.05, 3.63) is 36.4 Å². The van der Waals surface area contributed by atoms with Crippen molar-refractivity contribution in [2.45, 2.75) is 6.42 Å². The highest BCUT2D eigenvalue weighted by atomic mass is 16.5. The SMILES string of the molecule is COc1ccc(NC(=O)[C@@H]2[C@@H](C(=O)[O-])[C@H]3C=C[C@H]2C3)cc1. The molecule has 1 amide bonds. The first kappa shape index (κ1) is 13.7. The first-order valence-corrected chi connectivity index (χ1v) is 6.94. The number of fused-ring (bicyclic) bond motifs is 2. The Morgan fingerprint density at radius 2 is 1.76 bits per heavy atom. The molecule has 5 nitrogen and oxygen atoms in total. The van der Waals surface area contributed by atoms with Crippen LogP contribution in [0.25, 0.3) is 0 Å². The lowest BCUT2D eigenvalue weighted by Gasteiger charge is -2.27. The minimum Gasteiger partial charge on any atom is -0.550 e. The van der Waals surface area contributed by atoms with Crippen LogP contribution in [0.1, 0.15) is 6.42 Å². The van der Waals surface area contributed by atoms with E-state index in [0.29, 0.717) is 11.4 Å². The minimum absolute atomic E-state index is 0.00357. The summed E-state index contributed by atoms with van der Waals surface area (Å²) in [5.74, 6) is -2.05. The third kappa shape index (κ3) is 2.39. The molecule has 110 valence electrons. The summed E-state index contributed by atoms with van der Waals surface area (Å²) in [6.45, 7) is 0. The topological polar surface area (TPSA) is 78.5 Å². The molecule has 2 aliphatic carbocycles. The maximum absolute atomic E-state index is 12.4. The van der Waals surface area contributed by atoms with E-state index >= 15 is 0 Å². The lowest BCUT2D eigenvalue weighted by molar-refractivity contribution is -0.313. The van der Waals surface area contributed by atoms with E-state index < -0.39 is 17.8 Å². The number of ether oxygens (including phenoxy) is 1. The predicted octanol–water partition coefficient (Wildman–Crippen LogP) is 0.822. The van der Waals surface area contributed by atoms with E-state index in [-0.39, 0.29) is 17.7 Å². The first-order valence-electron chi connectivity index (χ1n) is 6.94. The molecule has 21 heavy (non-hydrogen) atoms. The molecule has 1 saturated carbocycles. The summed E-state index contributed by atoms with van der Waals surface area (Å²) in [6, 6.07) is 6.95. The number of carbonyl (C=O) groups is 2. The Morgan fingerprint density at radius 1 is 1.14 bits per heavy atom. The third-order valence-corrected chi connectivity index (χ3v) is 4.39. The molecule has 0 radical (unpaired) electrons. The van der Waals surface area contributed by atoms with Gasteiger partial charge in [0.05, 0.1) is 13.0 Å². The van der Waals surface area contributed by atoms with Crippen molar-refractivity contribution in [3.8, 4) is 5.75 Å². The summed E-state index contributed by atoms with van der Waals surface area (Å²) in [7, 11) is 1.57. The second-order valence-corrected chi connectivity index (χ2v) is 5.54. The molecule has 0 spiro atoms. The summed E-state index contributed by atoms with van der Waals surface area (Å²) < 4.78 is 5.05. The number of allylic oxidation sites excluding steroid dienone is 2. The van der Waals surface area contributed by atoms with Gasteiger partial charge in [-0.1, -0.05) is 12.2 Å². The van der Waals surface area contributed by atoms with Gasteiger partial charge in [0.2, 0.25) is 5.91 Å². The minimum atomic E-state index is -1.14. The largest absolute Gasteiger partial charge is 0.550 e. The second-order valence-electron chi connectivity index (χ2n) is 5.54. The zero-order chi connectivity index (χ0) is 15.0. The Kier molecular flexibility index (Phi) is 3.41. The maximum atomic E-state index is 12.4. The number of anilines is 1. The highest BCUT2D eigenvalue weighted by Crippen LogP contribution is 2.48. The van der Waals surface area contributed by atoms with Gasteiger partial charge in [-0.15, -0.1) is 0 Å². The summed E-state index contributed by atoms with van der Waals surface area (Å²) >= 11 is 0. The Balaban J connectivity index is 1.75. The van der Waals surface area contributed by atoms with E-state index in [4.69, 9.17) is 4.74 Å². The quantitative estimate of drug-likeness (QED) is 0.831. The number of amides is 1. The van der Waals surface area contributed by atoms with Crippen LogP contribution in [0.2, 0.25) is 0 Å². The van der Waals surface area contributed by atoms with Gasteiger partial charge in [0.1, 0.15) is 5.75 Å². The van der Waals surface area contributed by atoms with Gasteiger partial charge >= 0.3 is 0 Å². The Hall–Kier alpha value is -2.30. The van der Waals surface area contributed by atoms with Crippen LogP contribution in [-0.4, -0.2) is 19.0 Å². The number of benzene rings is 1. The van der Waals surface area contributed by atoms with E-state index in [2.05, 4.69) is 5.32 Å². The van der Waals surface area contributed by atoms with Crippen molar-refractivity contribution in [2.24, 2.45) is 23.7 Å². The standard InChI is InChI=1S/C16H17NO4/c1-21-12-6-4-11(5-7-12)17-15(18)13-9-2-3-10(8-9)14(13)16(19)20/h2-7,9-10,13-14H,8H2,1H3,(H,17,18)(H,19,20)/p-1/t9-,10-,13-,14-/m0/s1. The molecule has 0 saturated heterocycles. The number of carboxylic acid groups (broad SMARTS) is 1. The lowest BCUT2D eigenvalue weighted by Crippen LogP contribution is -2.42. The first-order chi connectivity index (χ1) is 10.1. The fourth-order valence-corrected chi connectivity index (χ4v) is 3.40. The molecule has 0 aromatic heterocycles. The van der Waals surface area contributed by atoms with Crippen molar-refractivity contribution in [1.29, 1.82) is 0 Å². The highest BCUT2D eigenvalue weighted by Gasteiger charge is 2.48. The molecule has 0 heterocycles. The fraction of sp³-hybridized carbons (Fsp3) is 0.375. The maximum Gasteiger partial charge on any atom is 0.228 e. The fourth-order valence-electron chi connectivity index (χ4n) is 3.40. The van der Waals surface area contributed by atoms with Crippen molar-refractivity contribution in [3.63, 3.8) is 0 Å². The van der Waals surface area contributed by atoms with Crippen molar-refractivity contribution in [2.75, 3.05) is 12.4 Å². The van der Waals surface area contributed by atoms with Gasteiger partial charge in [-0.3, -0.25) is 4.79 Å². The number of carboxylic acids is 1. The predicted molar refractivity (Wildman–Crippen MR) is 74.3 cm³/mol. The van der Waals surface area contributed by atoms with Crippen LogP contribution in [-0.2, 0) is 9.59 Å². The Labute approximate surface area is 122 Å². The number of hydrogen-bond donors (Lipinski definition) is 1. The smallest absolute Gasteiger partial charge is 0.228 e. The molecule has 1 aromatic rings. The van der Waals surface area contributed by atoms with Crippen LogP contribution >= 0.6 is 0 Å². The average Bonchev–Trinajstić information content (AvgIpc) is 3.08. The van der Waals surface area contributed by atoms with Gasteiger partial charge in [0.25, 0.3) is 0 Å². The van der Waals surface area contributed by atoms with Crippen LogP contribution in [0, 0.1) is 23.7 Å². The summed E-state index contributed by atoms with van der Waals surface area (Å²) in [5.41, 5.74) is 0.629. The molecule has 1 aromatic carbocycles. The van der Waals surface area contributed by atoms with E-state index in [0.717, 1.165) is 6.42 Å². The molecule has 2 aliphatic rings. The average molecular weight is 286 g/mol. The molecule has 4 atom stereocenters. The molecule has 1 N–H and O–H groups in total. The molecular weight excluding hydrogens is 270 g/mol. The summed E-state index contributed by atoms with van der Waals surface area (Å²) in [4.78, 5) is 23.7. The monoisotopic (exact) mass is 286 g/mol. The zero-order valence-electron chi connectivity index (χ0n) is 11.6. The zero-order valence-corrected chi connectivity index (χ0v) is 11.6. The van der Waals surface area contributed by atoms with E-state index in [1.54, 1.807) is 31.4 Å². The molecule has 5 heteroatoms. The van der Waals surface area contributed by atoms with Gasteiger partial charge in [0, 0.05) is 17.6 Å². The van der Waals surface area contributed by atoms with Gasteiger partial charge in [-0.05, 0) is 42.5 Å². The Morgan fingerprint density at radius 3 is 2.33 bits per heavy atom. The van der Waals surface area contributed by atoms with Gasteiger partial charge in [-0.25, -0.2) is 0 Å². The van der Waals surface area contributed by atoms with Gasteiger partial charge < -0.3 is 20.0 Å². The molecular formula is C16H16NO4-. The lowest BCUT2D eigenvalue weighted by atomic mass is 9.82. The summed E-state index contributed by atoms with van der Waals surface area (Å²) in [6.07, 6.45) is 4.56. The number of methoxy groups -OCH3 is 1. The van der Waals surface area contributed by atoms with E-state index in [1.165, 1.54) is 0 Å². The van der Waals surface area contributed by atoms with Crippen molar-refractivity contribution < 1.29 is 19.4 Å². The number of hydrogen-bond acceptors (Lipinski definition) is 4. The van der Waals surface area contributed by atoms with Gasteiger partial charge in [-0.2, -0.15) is 0 Å². The van der Waals surface area contributed by atoms with Crippen LogP contribution in [0.15, 0.2) is 36.4 Å². The van der Waals surface area contributed by atoms with Crippen molar-refractivity contribution >= 4 is 17.6 Å². The number of nitrogens with one attached hydrogen (secondary N) is 1. The van der Waals surface area contributed by atoms with E-state index in [1.807, 2.05) is 12.2 Å². The van der Waals surface area contributed by atoms with E-state index in [9.17, 15) is 14.7 Å². The summed E-state index contributed by atoms with van der Waals surface area (Å²) in [5, 5.41) is 14.1. The molecule has 1 fully saturated rings. The molecule has 0 unspecified atom stereocenters. The Bertz CT molecular complexity index is 593. The highest BCUT2D eigenvalue weighted by molar-refractivity contribution is 5.96. The van der Waals surface area contributed by atoms with Crippen LogP contribution in [0.3, 0.4) is 0 Å².